The van der Waals surface area contributed by atoms with Gasteiger partial charge in [-0.3, -0.25) is 4.79 Å². The summed E-state index contributed by atoms with van der Waals surface area (Å²) in [4.78, 5) is 11.3. The molecule has 0 spiro atoms. The molecule has 17 heavy (non-hydrogen) atoms. The van der Waals surface area contributed by atoms with Crippen molar-refractivity contribution in [1.29, 1.82) is 0 Å². The number of benzene rings is 2. The minimum atomic E-state index is -0.733. The van der Waals surface area contributed by atoms with Crippen LogP contribution in [0, 0.1) is 0 Å². The zero-order valence-electron chi connectivity index (χ0n) is 9.89. The van der Waals surface area contributed by atoms with E-state index in [-0.39, 0.29) is 0 Å². The molecule has 2 nitrogen and oxygen atoms in total. The fourth-order valence-corrected chi connectivity index (χ4v) is 2.26. The summed E-state index contributed by atoms with van der Waals surface area (Å²) in [5, 5.41) is 11.5. The zero-order valence-corrected chi connectivity index (χ0v) is 9.89. The maximum atomic E-state index is 11.3. The quantitative estimate of drug-likeness (QED) is 0.864. The molecule has 1 atom stereocenters. The molecule has 0 bridgehead atoms. The molecule has 0 fully saturated rings. The molecule has 2 rings (SSSR count). The van der Waals surface area contributed by atoms with Gasteiger partial charge in [0.05, 0.1) is 5.92 Å². The Balaban J connectivity index is 2.56. The highest BCUT2D eigenvalue weighted by molar-refractivity contribution is 5.90. The first-order valence-electron chi connectivity index (χ1n) is 5.94. The number of carbonyl (C=O) groups is 1. The van der Waals surface area contributed by atoms with Crippen LogP contribution in [-0.2, 0) is 4.79 Å². The van der Waals surface area contributed by atoms with Gasteiger partial charge in [0.25, 0.3) is 0 Å². The van der Waals surface area contributed by atoms with Crippen molar-refractivity contribution in [2.75, 3.05) is 0 Å². The molecule has 0 heterocycles. The van der Waals surface area contributed by atoms with Gasteiger partial charge in [0.2, 0.25) is 0 Å². The standard InChI is InChI=1S/C15H16O2/c1-2-6-14(15(16)17)13-10-5-8-11-7-3-4-9-12(11)13/h3-5,7-10,14H,2,6H2,1H3,(H,16,17). The Morgan fingerprint density at radius 3 is 2.59 bits per heavy atom. The molecular formula is C15H16O2. The van der Waals surface area contributed by atoms with Gasteiger partial charge in [-0.1, -0.05) is 55.8 Å². The number of aliphatic carboxylic acids is 1. The van der Waals surface area contributed by atoms with Crippen molar-refractivity contribution >= 4 is 16.7 Å². The molecule has 0 aliphatic heterocycles. The van der Waals surface area contributed by atoms with Gasteiger partial charge in [-0.15, -0.1) is 0 Å². The van der Waals surface area contributed by atoms with E-state index in [9.17, 15) is 9.90 Å². The minimum absolute atomic E-state index is 0.397. The highest BCUT2D eigenvalue weighted by Crippen LogP contribution is 2.28. The highest BCUT2D eigenvalue weighted by Gasteiger charge is 2.20. The summed E-state index contributed by atoms with van der Waals surface area (Å²) in [6.07, 6.45) is 1.56. The van der Waals surface area contributed by atoms with E-state index in [1.807, 2.05) is 49.4 Å². The van der Waals surface area contributed by atoms with Gasteiger partial charge in [0, 0.05) is 0 Å². The van der Waals surface area contributed by atoms with Gasteiger partial charge in [-0.25, -0.2) is 0 Å². The van der Waals surface area contributed by atoms with Gasteiger partial charge in [-0.2, -0.15) is 0 Å². The van der Waals surface area contributed by atoms with Crippen molar-refractivity contribution in [3.8, 4) is 0 Å². The molecule has 0 amide bonds. The van der Waals surface area contributed by atoms with Crippen LogP contribution in [0.3, 0.4) is 0 Å². The third-order valence-electron chi connectivity index (χ3n) is 3.07. The Morgan fingerprint density at radius 2 is 1.88 bits per heavy atom. The summed E-state index contributed by atoms with van der Waals surface area (Å²) in [6.45, 7) is 2.01. The molecule has 0 aromatic heterocycles. The molecule has 0 saturated heterocycles. The van der Waals surface area contributed by atoms with Crippen LogP contribution in [0.25, 0.3) is 10.8 Å². The van der Waals surface area contributed by atoms with Crippen LogP contribution in [0.1, 0.15) is 31.2 Å². The third-order valence-corrected chi connectivity index (χ3v) is 3.07. The Bertz CT molecular complexity index is 526. The second-order valence-electron chi connectivity index (χ2n) is 4.25. The van der Waals surface area contributed by atoms with Crippen molar-refractivity contribution in [3.05, 3.63) is 48.0 Å². The summed E-state index contributed by atoms with van der Waals surface area (Å²) in [5.74, 6) is -1.13. The smallest absolute Gasteiger partial charge is 0.310 e. The number of hydrogen-bond acceptors (Lipinski definition) is 1. The Kier molecular flexibility index (Phi) is 3.43. The number of rotatable bonds is 4. The van der Waals surface area contributed by atoms with Crippen molar-refractivity contribution in [3.63, 3.8) is 0 Å². The molecule has 2 aromatic rings. The Hall–Kier alpha value is -1.83. The van der Waals surface area contributed by atoms with Crippen molar-refractivity contribution in [2.45, 2.75) is 25.7 Å². The van der Waals surface area contributed by atoms with E-state index in [2.05, 4.69) is 0 Å². The summed E-state index contributed by atoms with van der Waals surface area (Å²) < 4.78 is 0. The zero-order chi connectivity index (χ0) is 12.3. The van der Waals surface area contributed by atoms with Gasteiger partial charge < -0.3 is 5.11 Å². The van der Waals surface area contributed by atoms with Crippen molar-refractivity contribution < 1.29 is 9.90 Å². The number of carboxylic acid groups (broad SMARTS) is 1. The van der Waals surface area contributed by atoms with Crippen LogP contribution in [-0.4, -0.2) is 11.1 Å². The van der Waals surface area contributed by atoms with E-state index in [1.54, 1.807) is 0 Å². The van der Waals surface area contributed by atoms with Gasteiger partial charge in [-0.05, 0) is 22.8 Å². The molecule has 88 valence electrons. The molecule has 1 N–H and O–H groups in total. The van der Waals surface area contributed by atoms with Crippen LogP contribution in [0.5, 0.6) is 0 Å². The summed E-state index contributed by atoms with van der Waals surface area (Å²) >= 11 is 0. The fraction of sp³-hybridized carbons (Fsp3) is 0.267. The molecule has 0 aliphatic rings. The fourth-order valence-electron chi connectivity index (χ4n) is 2.26. The molecule has 2 aromatic carbocycles. The summed E-state index contributed by atoms with van der Waals surface area (Å²) in [7, 11) is 0. The molecule has 0 saturated carbocycles. The van der Waals surface area contributed by atoms with Crippen LogP contribution in [0.2, 0.25) is 0 Å². The SMILES string of the molecule is CCCC(C(=O)O)c1cccc2ccccc12. The first kappa shape index (κ1) is 11.6. The van der Waals surface area contributed by atoms with E-state index in [1.165, 1.54) is 0 Å². The van der Waals surface area contributed by atoms with E-state index >= 15 is 0 Å². The molecular weight excluding hydrogens is 212 g/mol. The van der Waals surface area contributed by atoms with Crippen LogP contribution in [0.15, 0.2) is 42.5 Å². The van der Waals surface area contributed by atoms with Crippen LogP contribution < -0.4 is 0 Å². The predicted octanol–water partition coefficient (Wildman–Crippen LogP) is 3.81. The summed E-state index contributed by atoms with van der Waals surface area (Å²) in [6, 6.07) is 13.8. The van der Waals surface area contributed by atoms with Crippen LogP contribution in [0.4, 0.5) is 0 Å². The van der Waals surface area contributed by atoms with E-state index in [0.29, 0.717) is 6.42 Å². The Labute approximate surface area is 101 Å². The lowest BCUT2D eigenvalue weighted by Gasteiger charge is -2.14. The predicted molar refractivity (Wildman–Crippen MR) is 69.2 cm³/mol. The maximum absolute atomic E-state index is 11.3. The van der Waals surface area contributed by atoms with E-state index < -0.39 is 11.9 Å². The second kappa shape index (κ2) is 5.00. The average Bonchev–Trinajstić information content (AvgIpc) is 2.35. The highest BCUT2D eigenvalue weighted by atomic mass is 16.4. The second-order valence-corrected chi connectivity index (χ2v) is 4.25. The number of carboxylic acids is 1. The van der Waals surface area contributed by atoms with Crippen molar-refractivity contribution in [2.24, 2.45) is 0 Å². The molecule has 2 heteroatoms. The number of fused-ring (bicyclic) bond motifs is 1. The third kappa shape index (κ3) is 2.31. The van der Waals surface area contributed by atoms with Gasteiger partial charge in [0.1, 0.15) is 0 Å². The summed E-state index contributed by atoms with van der Waals surface area (Å²) in [5.41, 5.74) is 0.928. The van der Waals surface area contributed by atoms with E-state index in [0.717, 1.165) is 22.8 Å². The van der Waals surface area contributed by atoms with Gasteiger partial charge >= 0.3 is 5.97 Å². The normalized spacial score (nSPS) is 12.5. The maximum Gasteiger partial charge on any atom is 0.310 e. The van der Waals surface area contributed by atoms with Crippen LogP contribution >= 0.6 is 0 Å². The molecule has 1 unspecified atom stereocenters. The molecule has 0 radical (unpaired) electrons. The monoisotopic (exact) mass is 228 g/mol. The van der Waals surface area contributed by atoms with Gasteiger partial charge in [0.15, 0.2) is 0 Å². The first-order chi connectivity index (χ1) is 8.24. The largest absolute Gasteiger partial charge is 0.481 e. The lowest BCUT2D eigenvalue weighted by atomic mass is 9.90. The lowest BCUT2D eigenvalue weighted by Crippen LogP contribution is -2.11. The van der Waals surface area contributed by atoms with Crippen molar-refractivity contribution in [1.82, 2.24) is 0 Å². The Morgan fingerprint density at radius 1 is 1.18 bits per heavy atom. The lowest BCUT2D eigenvalue weighted by molar-refractivity contribution is -0.138. The topological polar surface area (TPSA) is 37.3 Å². The van der Waals surface area contributed by atoms with E-state index in [4.69, 9.17) is 0 Å². The number of hydrogen-bond donors (Lipinski definition) is 1. The minimum Gasteiger partial charge on any atom is -0.481 e. The average molecular weight is 228 g/mol. The first-order valence-corrected chi connectivity index (χ1v) is 5.94. The molecule has 0 aliphatic carbocycles.